The van der Waals surface area contributed by atoms with Crippen molar-refractivity contribution in [1.82, 2.24) is 4.98 Å². The Morgan fingerprint density at radius 1 is 1.17 bits per heavy atom. The summed E-state index contributed by atoms with van der Waals surface area (Å²) in [7, 11) is 1.31. The number of ether oxygens (including phenoxy) is 2. The maximum Gasteiger partial charge on any atom is 0.421 e. The minimum Gasteiger partial charge on any atom is -0.478 e. The molecule has 0 radical (unpaired) electrons. The highest BCUT2D eigenvalue weighted by molar-refractivity contribution is 6.03. The van der Waals surface area contributed by atoms with Gasteiger partial charge in [0.25, 0.3) is 0 Å². The zero-order valence-corrected chi connectivity index (χ0v) is 20.2. The molecule has 1 saturated carbocycles. The number of hydrogen-bond acceptors (Lipinski definition) is 5. The normalized spacial score (nSPS) is 14.7. The van der Waals surface area contributed by atoms with Crippen molar-refractivity contribution in [3.8, 4) is 11.6 Å². The van der Waals surface area contributed by atoms with E-state index in [0.717, 1.165) is 43.7 Å². The maximum absolute atomic E-state index is 15.2. The summed E-state index contributed by atoms with van der Waals surface area (Å²) >= 11 is 0. The number of carbonyl (C=O) groups is 2. The third kappa shape index (κ3) is 6.13. The van der Waals surface area contributed by atoms with Crippen molar-refractivity contribution in [3.63, 3.8) is 0 Å². The van der Waals surface area contributed by atoms with Gasteiger partial charge in [-0.3, -0.25) is 4.79 Å². The average Bonchev–Trinajstić information content (AvgIpc) is 2.81. The van der Waals surface area contributed by atoms with Crippen LogP contribution in [0, 0.1) is 11.7 Å². The zero-order chi connectivity index (χ0) is 26.6. The molecule has 36 heavy (non-hydrogen) atoms. The van der Waals surface area contributed by atoms with Crippen LogP contribution >= 0.6 is 0 Å². The fraction of sp³-hybridized carbons (Fsp3) is 0.480. The Morgan fingerprint density at radius 2 is 1.83 bits per heavy atom. The predicted molar refractivity (Wildman–Crippen MR) is 123 cm³/mol. The number of rotatable bonds is 8. The molecule has 7 nitrogen and oxygen atoms in total. The first-order chi connectivity index (χ1) is 16.9. The molecular formula is C25H28F4N2O5. The minimum absolute atomic E-state index is 0.119. The Kier molecular flexibility index (Phi) is 8.55. The van der Waals surface area contributed by atoms with Gasteiger partial charge in [0.15, 0.2) is 11.6 Å². The molecule has 2 aromatic rings. The van der Waals surface area contributed by atoms with Crippen LogP contribution in [0.2, 0.25) is 0 Å². The molecule has 196 valence electrons. The first-order valence-corrected chi connectivity index (χ1v) is 11.6. The lowest BCUT2D eigenvalue weighted by Crippen LogP contribution is -2.42. The first-order valence-electron chi connectivity index (χ1n) is 11.6. The van der Waals surface area contributed by atoms with E-state index in [1.165, 1.54) is 12.0 Å². The number of anilines is 1. The molecule has 11 heteroatoms. The number of pyridine rings is 1. The summed E-state index contributed by atoms with van der Waals surface area (Å²) in [6, 6.07) is 1.86. The Labute approximate surface area is 206 Å². The van der Waals surface area contributed by atoms with Crippen LogP contribution in [0.5, 0.6) is 11.6 Å². The summed E-state index contributed by atoms with van der Waals surface area (Å²) < 4.78 is 66.0. The Bertz CT molecular complexity index is 1110. The summed E-state index contributed by atoms with van der Waals surface area (Å²) in [6.07, 6.45) is 0.256. The summed E-state index contributed by atoms with van der Waals surface area (Å²) in [5.74, 6) is -4.95. The molecule has 1 aliphatic rings. The quantitative estimate of drug-likeness (QED) is 0.424. The Balaban J connectivity index is 2.05. The number of aromatic nitrogens is 1. The first kappa shape index (κ1) is 27.4. The summed E-state index contributed by atoms with van der Waals surface area (Å²) in [5, 5.41) is 9.82. The molecule has 1 aliphatic carbocycles. The van der Waals surface area contributed by atoms with Crippen LogP contribution in [0.4, 0.5) is 23.2 Å². The molecule has 1 N–H and O–H groups in total. The second-order valence-corrected chi connectivity index (χ2v) is 8.97. The van der Waals surface area contributed by atoms with Gasteiger partial charge in [-0.25, -0.2) is 14.2 Å². The fourth-order valence-corrected chi connectivity index (χ4v) is 4.32. The highest BCUT2D eigenvalue weighted by atomic mass is 19.4. The number of methoxy groups -OCH3 is 1. The van der Waals surface area contributed by atoms with Crippen LogP contribution in [0.25, 0.3) is 0 Å². The number of hydrogen-bond donors (Lipinski definition) is 1. The van der Waals surface area contributed by atoms with Gasteiger partial charge >= 0.3 is 12.1 Å². The van der Waals surface area contributed by atoms with Gasteiger partial charge in [-0.1, -0.05) is 19.3 Å². The largest absolute Gasteiger partial charge is 0.478 e. The highest BCUT2D eigenvalue weighted by Crippen LogP contribution is 2.40. The molecule has 0 spiro atoms. The van der Waals surface area contributed by atoms with Crippen molar-refractivity contribution in [2.75, 3.05) is 12.0 Å². The van der Waals surface area contributed by atoms with E-state index in [0.29, 0.717) is 12.8 Å². The van der Waals surface area contributed by atoms with Crippen molar-refractivity contribution in [2.45, 2.75) is 64.8 Å². The average molecular weight is 513 g/mol. The molecule has 0 atom stereocenters. The number of carboxylic acids is 1. The maximum atomic E-state index is 15.2. The van der Waals surface area contributed by atoms with Gasteiger partial charge in [-0.15, -0.1) is 0 Å². The van der Waals surface area contributed by atoms with Gasteiger partial charge in [0.05, 0.1) is 17.9 Å². The number of alkyl halides is 3. The van der Waals surface area contributed by atoms with Crippen molar-refractivity contribution >= 4 is 17.6 Å². The number of halogens is 4. The molecule has 1 heterocycles. The van der Waals surface area contributed by atoms with Crippen LogP contribution in [-0.4, -0.2) is 35.1 Å². The van der Waals surface area contributed by atoms with E-state index < -0.39 is 46.8 Å². The third-order valence-corrected chi connectivity index (χ3v) is 5.98. The summed E-state index contributed by atoms with van der Waals surface area (Å²) in [6.45, 7) is 3.22. The molecule has 3 rings (SSSR count). The predicted octanol–water partition coefficient (Wildman–Crippen LogP) is 6.20. The topological polar surface area (TPSA) is 89.0 Å². The summed E-state index contributed by atoms with van der Waals surface area (Å²) in [4.78, 5) is 30.2. The second-order valence-electron chi connectivity index (χ2n) is 8.97. The number of aromatic carboxylic acids is 1. The lowest BCUT2D eigenvalue weighted by atomic mass is 9.87. The standard InChI is InChI=1S/C25H28F4N2O5/c1-14(2)31(23(32)16-7-5-4-6-8-16)20-11-19(26)21(10-17(20)24(33)34)36-22-18(25(27,28)29)9-15(12-30-22)13-35-3/h9-12,14,16H,4-8,13H2,1-3H3,(H,33,34). The fourth-order valence-electron chi connectivity index (χ4n) is 4.32. The van der Waals surface area contributed by atoms with Crippen molar-refractivity contribution in [3.05, 3.63) is 46.9 Å². The van der Waals surface area contributed by atoms with Gasteiger partial charge in [0, 0.05) is 37.4 Å². The van der Waals surface area contributed by atoms with Gasteiger partial charge in [-0.05, 0) is 38.3 Å². The van der Waals surface area contributed by atoms with E-state index in [1.807, 2.05) is 0 Å². The smallest absolute Gasteiger partial charge is 0.421 e. The molecule has 1 aromatic carbocycles. The van der Waals surface area contributed by atoms with E-state index in [2.05, 4.69) is 4.98 Å². The lowest BCUT2D eigenvalue weighted by Gasteiger charge is -2.33. The second kappa shape index (κ2) is 11.2. The van der Waals surface area contributed by atoms with Crippen molar-refractivity contribution in [1.29, 1.82) is 0 Å². The molecule has 0 unspecified atom stereocenters. The van der Waals surface area contributed by atoms with Crippen molar-refractivity contribution in [2.24, 2.45) is 5.92 Å². The van der Waals surface area contributed by atoms with E-state index in [4.69, 9.17) is 9.47 Å². The van der Waals surface area contributed by atoms with Crippen LogP contribution in [0.1, 0.15) is 67.4 Å². The number of amides is 1. The van der Waals surface area contributed by atoms with Crippen LogP contribution in [-0.2, 0) is 22.3 Å². The number of benzene rings is 1. The molecule has 1 aromatic heterocycles. The summed E-state index contributed by atoms with van der Waals surface area (Å²) in [5.41, 5.74) is -1.81. The molecule has 0 aliphatic heterocycles. The SMILES string of the molecule is COCc1cnc(Oc2cc(C(=O)O)c(N(C(=O)C3CCCCC3)C(C)C)cc2F)c(C(F)(F)F)c1. The number of carboxylic acid groups (broad SMARTS) is 1. The van der Waals surface area contributed by atoms with E-state index in [1.54, 1.807) is 13.8 Å². The monoisotopic (exact) mass is 512 g/mol. The Morgan fingerprint density at radius 3 is 2.39 bits per heavy atom. The minimum atomic E-state index is -4.88. The molecule has 0 bridgehead atoms. The third-order valence-electron chi connectivity index (χ3n) is 5.98. The molecule has 1 fully saturated rings. The van der Waals surface area contributed by atoms with Crippen LogP contribution < -0.4 is 9.64 Å². The highest BCUT2D eigenvalue weighted by Gasteiger charge is 2.37. The van der Waals surface area contributed by atoms with E-state index >= 15 is 4.39 Å². The van der Waals surface area contributed by atoms with Crippen LogP contribution in [0.15, 0.2) is 24.4 Å². The van der Waals surface area contributed by atoms with Crippen molar-refractivity contribution < 1.29 is 41.7 Å². The molecular weight excluding hydrogens is 484 g/mol. The van der Waals surface area contributed by atoms with Gasteiger partial charge < -0.3 is 19.5 Å². The van der Waals surface area contributed by atoms with Gasteiger partial charge in [-0.2, -0.15) is 13.2 Å². The van der Waals surface area contributed by atoms with E-state index in [9.17, 15) is 27.9 Å². The Hall–Kier alpha value is -3.21. The zero-order valence-electron chi connectivity index (χ0n) is 20.2. The molecule has 0 saturated heterocycles. The van der Waals surface area contributed by atoms with Gasteiger partial charge in [0.2, 0.25) is 11.8 Å². The van der Waals surface area contributed by atoms with Crippen LogP contribution in [0.3, 0.4) is 0 Å². The lowest BCUT2D eigenvalue weighted by molar-refractivity contribution is -0.139. The number of carbonyl (C=O) groups excluding carboxylic acids is 1. The number of nitrogens with zero attached hydrogens (tertiary/aromatic N) is 2. The van der Waals surface area contributed by atoms with E-state index in [-0.39, 0.29) is 29.7 Å². The van der Waals surface area contributed by atoms with Gasteiger partial charge in [0.1, 0.15) is 5.56 Å². The molecule has 1 amide bonds.